The van der Waals surface area contributed by atoms with E-state index in [2.05, 4.69) is 35.1 Å². The molecule has 0 spiro atoms. The molecule has 0 amide bonds. The minimum atomic E-state index is -0.548. The molecule has 2 saturated heterocycles. The number of piperidine rings is 1. The molecule has 6 aromatic heterocycles. The maximum atomic E-state index is 14.9. The molecule has 2 aliphatic heterocycles. The van der Waals surface area contributed by atoms with Crippen LogP contribution in [-0.2, 0) is 28.2 Å². The van der Waals surface area contributed by atoms with Gasteiger partial charge in [-0.05, 0) is 63.1 Å². The van der Waals surface area contributed by atoms with Crippen molar-refractivity contribution >= 4 is 57.2 Å². The van der Waals surface area contributed by atoms with Crippen molar-refractivity contribution in [1.82, 2.24) is 58.6 Å². The number of aromatic nitrogens is 12. The predicted molar refractivity (Wildman–Crippen MR) is 249 cm³/mol. The van der Waals surface area contributed by atoms with Gasteiger partial charge < -0.3 is 19.3 Å². The van der Waals surface area contributed by atoms with E-state index in [1.54, 1.807) is 74.1 Å². The molecule has 346 valence electrons. The largest absolute Gasteiger partial charge is 0.485 e. The Morgan fingerprint density at radius 3 is 1.48 bits per heavy atom. The summed E-state index contributed by atoms with van der Waals surface area (Å²) in [6.07, 6.45) is 9.19. The van der Waals surface area contributed by atoms with Crippen molar-refractivity contribution in [3.63, 3.8) is 0 Å². The second-order valence-corrected chi connectivity index (χ2v) is 17.3. The average Bonchev–Trinajstić information content (AvgIpc) is 4.06. The number of rotatable bonds is 8. The number of benzene rings is 2. The zero-order valence-electron chi connectivity index (χ0n) is 37.3. The molecule has 0 saturated carbocycles. The van der Waals surface area contributed by atoms with Crippen LogP contribution in [-0.4, -0.2) is 97.0 Å². The summed E-state index contributed by atoms with van der Waals surface area (Å²) < 4.78 is 48.1. The zero-order valence-corrected chi connectivity index (χ0v) is 38.8. The summed E-state index contributed by atoms with van der Waals surface area (Å²) in [6, 6.07) is 8.68. The fraction of sp³-hybridized carbons (Fsp3) is 0.333. The number of halogens is 4. The molecule has 8 heterocycles. The minimum absolute atomic E-state index is 0.0943. The molecule has 18 nitrogen and oxygen atoms in total. The summed E-state index contributed by atoms with van der Waals surface area (Å²) in [5, 5.41) is 8.80. The van der Waals surface area contributed by atoms with Crippen molar-refractivity contribution in [1.29, 1.82) is 0 Å². The first-order chi connectivity index (χ1) is 32.1. The Kier molecular flexibility index (Phi) is 12.3. The van der Waals surface area contributed by atoms with Crippen molar-refractivity contribution < 1.29 is 18.3 Å². The molecule has 2 aromatic carbocycles. The number of hydrogen-bond acceptors (Lipinski definition) is 14. The van der Waals surface area contributed by atoms with Crippen LogP contribution in [0, 0.1) is 25.5 Å². The topological polar surface area (TPSA) is 182 Å². The van der Waals surface area contributed by atoms with E-state index in [0.29, 0.717) is 61.2 Å². The highest BCUT2D eigenvalue weighted by Gasteiger charge is 2.30. The lowest BCUT2D eigenvalue weighted by molar-refractivity contribution is 0.178. The molecule has 8 aromatic rings. The van der Waals surface area contributed by atoms with Crippen LogP contribution < -0.4 is 30.4 Å². The fourth-order valence-electron chi connectivity index (χ4n) is 8.03. The highest BCUT2D eigenvalue weighted by molar-refractivity contribution is 6.31. The Hall–Kier alpha value is -7.06. The van der Waals surface area contributed by atoms with Gasteiger partial charge in [-0.1, -0.05) is 23.2 Å². The van der Waals surface area contributed by atoms with Crippen LogP contribution in [0.15, 0.2) is 70.8 Å². The van der Waals surface area contributed by atoms with Crippen LogP contribution >= 0.6 is 23.2 Å². The highest BCUT2D eigenvalue weighted by Crippen LogP contribution is 2.33. The van der Waals surface area contributed by atoms with E-state index in [1.165, 1.54) is 27.3 Å². The van der Waals surface area contributed by atoms with Gasteiger partial charge in [0.2, 0.25) is 11.9 Å². The van der Waals surface area contributed by atoms with Crippen LogP contribution in [0.2, 0.25) is 10.0 Å². The van der Waals surface area contributed by atoms with Gasteiger partial charge in [-0.15, -0.1) is 0 Å². The van der Waals surface area contributed by atoms with Gasteiger partial charge in [0, 0.05) is 68.9 Å². The van der Waals surface area contributed by atoms with Gasteiger partial charge in [0.15, 0.2) is 22.5 Å². The fourth-order valence-corrected chi connectivity index (χ4v) is 8.35. The Balaban J connectivity index is 0.000000168. The highest BCUT2D eigenvalue weighted by atomic mass is 35.5. The molecule has 10 rings (SSSR count). The van der Waals surface area contributed by atoms with Crippen LogP contribution in [0.1, 0.15) is 30.9 Å². The molecule has 2 fully saturated rings. The number of hydrogen-bond donors (Lipinski definition) is 0. The van der Waals surface area contributed by atoms with Crippen LogP contribution in [0.3, 0.4) is 0 Å². The quantitative estimate of drug-likeness (QED) is 0.169. The molecule has 0 N–H and O–H groups in total. The predicted octanol–water partition coefficient (Wildman–Crippen LogP) is 6.16. The Morgan fingerprint density at radius 1 is 0.597 bits per heavy atom. The summed E-state index contributed by atoms with van der Waals surface area (Å²) in [4.78, 5) is 57.5. The molecule has 0 bridgehead atoms. The molecule has 22 heteroatoms. The van der Waals surface area contributed by atoms with Crippen molar-refractivity contribution in [2.75, 3.05) is 36.0 Å². The number of ether oxygens (including phenoxy) is 2. The number of fused-ring (bicyclic) bond motifs is 2. The van der Waals surface area contributed by atoms with Gasteiger partial charge in [0.1, 0.15) is 57.9 Å². The molecule has 67 heavy (non-hydrogen) atoms. The van der Waals surface area contributed by atoms with Crippen molar-refractivity contribution in [3.05, 3.63) is 115 Å². The maximum Gasteiger partial charge on any atom is 0.279 e. The number of aryl methyl sites for hydroxylation is 4. The number of nitrogens with zero attached hydrogens (tertiary/aromatic N) is 14. The standard InChI is InChI=1S/C23H23ClFN7O2.C22H21ClFN7O2/c1-13-27-20-19(17-7-6-14(24)9-18(17)25)28-23(29-21(20)22(33)31(13)3)32-8-4-5-15(12-32)34-16-10-26-30(2)11-16;1-12-26-19-18(16-5-4-13(23)8-17(16)24)27-22(28-20(19)21(32)30(12)3)31-7-6-14(11-31)33-15-9-25-29(2)10-15/h6-7,9-11,15H,4-5,8,12H2,1-3H3;4-5,8-10,14H,6-7,11H2,1-3H3/t15-;/m0./s1. The van der Waals surface area contributed by atoms with E-state index in [-0.39, 0.29) is 78.0 Å². The van der Waals surface area contributed by atoms with E-state index < -0.39 is 11.6 Å². The van der Waals surface area contributed by atoms with Crippen molar-refractivity contribution in [2.45, 2.75) is 45.3 Å². The van der Waals surface area contributed by atoms with E-state index >= 15 is 0 Å². The third kappa shape index (κ3) is 9.22. The second kappa shape index (κ2) is 18.3. The monoisotopic (exact) mass is 952 g/mol. The molecule has 1 unspecified atom stereocenters. The SMILES string of the molecule is Cc1nc2c(-c3ccc(Cl)cc3F)nc(N3CCC(Oc4cnn(C)c4)C3)nc2c(=O)n1C.Cc1nc2c(-c3ccc(Cl)cc3F)nc(N3CCC[C@H](Oc4cnn(C)c4)C3)nc2c(=O)n1C. The molecular formula is C45H44Cl2F2N14O4. The van der Waals surface area contributed by atoms with Crippen molar-refractivity contribution in [3.8, 4) is 34.0 Å². The lowest BCUT2D eigenvalue weighted by Gasteiger charge is -2.32. The number of anilines is 2. The lowest BCUT2D eigenvalue weighted by atomic mass is 10.1. The third-order valence-electron chi connectivity index (χ3n) is 11.7. The maximum absolute atomic E-state index is 14.9. The Morgan fingerprint density at radius 2 is 1.04 bits per heavy atom. The molecule has 0 radical (unpaired) electrons. The van der Waals surface area contributed by atoms with Gasteiger partial charge in [-0.3, -0.25) is 28.1 Å². The van der Waals surface area contributed by atoms with Crippen LogP contribution in [0.4, 0.5) is 20.7 Å². The first-order valence-electron chi connectivity index (χ1n) is 21.3. The summed E-state index contributed by atoms with van der Waals surface area (Å²) >= 11 is 11.9. The zero-order chi connectivity index (χ0) is 47.3. The van der Waals surface area contributed by atoms with Crippen molar-refractivity contribution in [2.24, 2.45) is 28.2 Å². The third-order valence-corrected chi connectivity index (χ3v) is 12.2. The second-order valence-electron chi connectivity index (χ2n) is 16.4. The first kappa shape index (κ1) is 45.1. The van der Waals surface area contributed by atoms with E-state index in [1.807, 2.05) is 30.1 Å². The Labute approximate surface area is 391 Å². The van der Waals surface area contributed by atoms with Gasteiger partial charge >= 0.3 is 0 Å². The van der Waals surface area contributed by atoms with Gasteiger partial charge in [-0.2, -0.15) is 10.2 Å². The molecule has 0 aliphatic carbocycles. The van der Waals surface area contributed by atoms with E-state index in [0.717, 1.165) is 19.3 Å². The van der Waals surface area contributed by atoms with Gasteiger partial charge in [-0.25, -0.2) is 38.7 Å². The molecule has 2 atom stereocenters. The summed E-state index contributed by atoms with van der Waals surface area (Å²) in [5.41, 5.74) is 1.06. The molecule has 2 aliphatic rings. The van der Waals surface area contributed by atoms with Crippen LogP contribution in [0.5, 0.6) is 11.5 Å². The Bertz CT molecular complexity index is 3320. The van der Waals surface area contributed by atoms with Gasteiger partial charge in [0.25, 0.3) is 11.1 Å². The normalized spacial score (nSPS) is 16.1. The summed E-state index contributed by atoms with van der Waals surface area (Å²) in [5.74, 6) is 1.89. The minimum Gasteiger partial charge on any atom is -0.485 e. The smallest absolute Gasteiger partial charge is 0.279 e. The average molecular weight is 954 g/mol. The van der Waals surface area contributed by atoms with Crippen LogP contribution in [0.25, 0.3) is 44.6 Å². The summed E-state index contributed by atoms with van der Waals surface area (Å²) in [7, 11) is 6.91. The first-order valence-corrected chi connectivity index (χ1v) is 22.1. The molecular weight excluding hydrogens is 909 g/mol. The van der Waals surface area contributed by atoms with E-state index in [9.17, 15) is 18.4 Å². The summed E-state index contributed by atoms with van der Waals surface area (Å²) in [6.45, 7) is 5.75. The van der Waals surface area contributed by atoms with E-state index in [4.69, 9.17) is 37.7 Å². The lowest BCUT2D eigenvalue weighted by Crippen LogP contribution is -2.42. The van der Waals surface area contributed by atoms with Gasteiger partial charge in [0.05, 0.1) is 37.9 Å².